The van der Waals surface area contributed by atoms with E-state index < -0.39 is 6.04 Å². The molecule has 2 rings (SSSR count). The number of thioether (sulfide) groups is 1. The van der Waals surface area contributed by atoms with Gasteiger partial charge in [0.05, 0.1) is 12.9 Å². The number of nitrogens with one attached hydrogen (secondary N) is 1. The first-order valence-electron chi connectivity index (χ1n) is 10.3. The number of carbonyl (C=O) groups excluding carboxylic acids is 2. The van der Waals surface area contributed by atoms with E-state index in [0.29, 0.717) is 30.3 Å². The van der Waals surface area contributed by atoms with E-state index in [1.807, 2.05) is 38.1 Å². The average molecular weight is 447 g/mol. The second-order valence-corrected chi connectivity index (χ2v) is 8.75. The minimum Gasteiger partial charge on any atom is -0.497 e. The molecule has 1 N–H and O–H groups in total. The van der Waals surface area contributed by atoms with Gasteiger partial charge in [0.25, 0.3) is 0 Å². The Kier molecular flexibility index (Phi) is 9.85. The minimum absolute atomic E-state index is 0.159. The van der Waals surface area contributed by atoms with Gasteiger partial charge in [-0.1, -0.05) is 44.2 Å². The summed E-state index contributed by atoms with van der Waals surface area (Å²) in [5.41, 5.74) is 1.46. The lowest BCUT2D eigenvalue weighted by atomic mass is 10.1. The number of halogens is 1. The lowest BCUT2D eigenvalue weighted by molar-refractivity contribution is -0.138. The molecule has 0 aromatic heterocycles. The highest BCUT2D eigenvalue weighted by Gasteiger charge is 2.26. The van der Waals surface area contributed by atoms with E-state index in [1.165, 1.54) is 17.8 Å². The van der Waals surface area contributed by atoms with Crippen molar-refractivity contribution in [1.82, 2.24) is 10.2 Å². The molecule has 0 fully saturated rings. The maximum atomic E-state index is 13.8. The van der Waals surface area contributed by atoms with E-state index in [9.17, 15) is 14.0 Å². The van der Waals surface area contributed by atoms with Gasteiger partial charge in [0.15, 0.2) is 0 Å². The van der Waals surface area contributed by atoms with E-state index >= 15 is 0 Å². The van der Waals surface area contributed by atoms with Gasteiger partial charge in [-0.15, -0.1) is 11.8 Å². The van der Waals surface area contributed by atoms with Crippen LogP contribution in [0.2, 0.25) is 0 Å². The van der Waals surface area contributed by atoms with Crippen LogP contribution < -0.4 is 10.1 Å². The van der Waals surface area contributed by atoms with Crippen molar-refractivity contribution < 1.29 is 18.7 Å². The second kappa shape index (κ2) is 12.3. The number of rotatable bonds is 11. The molecule has 1 atom stereocenters. The van der Waals surface area contributed by atoms with Crippen LogP contribution >= 0.6 is 11.8 Å². The first kappa shape index (κ1) is 24.7. The van der Waals surface area contributed by atoms with Crippen molar-refractivity contribution in [2.24, 2.45) is 5.92 Å². The zero-order valence-electron chi connectivity index (χ0n) is 18.6. The van der Waals surface area contributed by atoms with Crippen LogP contribution in [0.1, 0.15) is 31.9 Å². The summed E-state index contributed by atoms with van der Waals surface area (Å²) in [7, 11) is 1.60. The van der Waals surface area contributed by atoms with Gasteiger partial charge in [-0.05, 0) is 42.2 Å². The Labute approximate surface area is 188 Å². The number of hydrogen-bond acceptors (Lipinski definition) is 4. The fraction of sp³-hybridized carbons (Fsp3) is 0.417. The average Bonchev–Trinajstić information content (AvgIpc) is 2.76. The summed E-state index contributed by atoms with van der Waals surface area (Å²) in [6.07, 6.45) is 0. The first-order valence-corrected chi connectivity index (χ1v) is 11.5. The number of carbonyl (C=O) groups is 2. The first-order chi connectivity index (χ1) is 14.8. The molecule has 0 saturated heterocycles. The Balaban J connectivity index is 2.07. The van der Waals surface area contributed by atoms with Crippen LogP contribution in [0.3, 0.4) is 0 Å². The van der Waals surface area contributed by atoms with Crippen molar-refractivity contribution in [3.8, 4) is 5.75 Å². The van der Waals surface area contributed by atoms with Crippen molar-refractivity contribution in [3.05, 3.63) is 65.5 Å². The number of methoxy groups -OCH3 is 1. The smallest absolute Gasteiger partial charge is 0.242 e. The molecule has 0 unspecified atom stereocenters. The zero-order chi connectivity index (χ0) is 22.8. The summed E-state index contributed by atoms with van der Waals surface area (Å²) in [5, 5.41) is 2.90. The Hall–Kier alpha value is -2.54. The highest BCUT2D eigenvalue weighted by atomic mass is 32.2. The molecule has 5 nitrogen and oxygen atoms in total. The molecule has 2 amide bonds. The Morgan fingerprint density at radius 3 is 2.39 bits per heavy atom. The maximum Gasteiger partial charge on any atom is 0.242 e. The number of hydrogen-bond donors (Lipinski definition) is 1. The zero-order valence-corrected chi connectivity index (χ0v) is 19.4. The van der Waals surface area contributed by atoms with Gasteiger partial charge in [0.1, 0.15) is 17.6 Å². The number of nitrogens with zero attached hydrogens (tertiary/aromatic N) is 1. The highest BCUT2D eigenvalue weighted by Crippen LogP contribution is 2.19. The van der Waals surface area contributed by atoms with Crippen LogP contribution in [0.4, 0.5) is 4.39 Å². The molecule has 0 heterocycles. The summed E-state index contributed by atoms with van der Waals surface area (Å²) in [4.78, 5) is 27.3. The third-order valence-electron chi connectivity index (χ3n) is 4.80. The topological polar surface area (TPSA) is 58.6 Å². The predicted molar refractivity (Wildman–Crippen MR) is 123 cm³/mol. The molecular weight excluding hydrogens is 415 g/mol. The molecule has 0 radical (unpaired) electrons. The van der Waals surface area contributed by atoms with Gasteiger partial charge >= 0.3 is 0 Å². The van der Waals surface area contributed by atoms with E-state index in [0.717, 1.165) is 11.3 Å². The minimum atomic E-state index is -0.623. The van der Waals surface area contributed by atoms with Crippen LogP contribution in [-0.4, -0.2) is 42.2 Å². The van der Waals surface area contributed by atoms with Gasteiger partial charge < -0.3 is 15.0 Å². The molecular formula is C24H31FN2O3S. The molecule has 0 saturated carbocycles. The van der Waals surface area contributed by atoms with Crippen LogP contribution in [0.5, 0.6) is 5.75 Å². The summed E-state index contributed by atoms with van der Waals surface area (Å²) in [6, 6.07) is 13.3. The molecule has 0 bridgehead atoms. The van der Waals surface area contributed by atoms with Crippen molar-refractivity contribution >= 4 is 23.6 Å². The van der Waals surface area contributed by atoms with Gasteiger partial charge in [0, 0.05) is 18.8 Å². The molecule has 2 aromatic carbocycles. The van der Waals surface area contributed by atoms with E-state index in [4.69, 9.17) is 4.74 Å². The molecule has 2 aromatic rings. The molecule has 168 valence electrons. The lowest BCUT2D eigenvalue weighted by Crippen LogP contribution is -2.48. The Bertz CT molecular complexity index is 858. The van der Waals surface area contributed by atoms with Crippen molar-refractivity contribution in [2.45, 2.75) is 39.1 Å². The quantitative estimate of drug-likeness (QED) is 0.560. The van der Waals surface area contributed by atoms with Crippen LogP contribution in [0, 0.1) is 11.7 Å². The Morgan fingerprint density at radius 2 is 1.77 bits per heavy atom. The molecule has 0 aliphatic heterocycles. The standard InChI is InChI=1S/C24H31FN2O3S/c1-17(2)13-26-24(29)18(3)27(14-19-9-11-21(30-4)12-10-19)23(28)16-31-15-20-7-5-6-8-22(20)25/h5-12,17-18H,13-16H2,1-4H3,(H,26,29)/t18-/m0/s1. The summed E-state index contributed by atoms with van der Waals surface area (Å²) in [6.45, 7) is 6.63. The molecule has 0 aliphatic carbocycles. The third kappa shape index (κ3) is 7.90. The van der Waals surface area contributed by atoms with E-state index in [-0.39, 0.29) is 23.4 Å². The lowest BCUT2D eigenvalue weighted by Gasteiger charge is -2.29. The van der Waals surface area contributed by atoms with Crippen LogP contribution in [0.25, 0.3) is 0 Å². The summed E-state index contributed by atoms with van der Waals surface area (Å²) >= 11 is 1.34. The summed E-state index contributed by atoms with van der Waals surface area (Å²) in [5.74, 6) is 0.968. The number of amides is 2. The van der Waals surface area contributed by atoms with Crippen molar-refractivity contribution in [1.29, 1.82) is 0 Å². The van der Waals surface area contributed by atoms with Crippen molar-refractivity contribution in [2.75, 3.05) is 19.4 Å². The van der Waals surface area contributed by atoms with Gasteiger partial charge in [-0.3, -0.25) is 9.59 Å². The third-order valence-corrected chi connectivity index (χ3v) is 5.77. The normalized spacial score (nSPS) is 11.8. The van der Waals surface area contributed by atoms with E-state index in [1.54, 1.807) is 37.1 Å². The van der Waals surface area contributed by atoms with E-state index in [2.05, 4.69) is 5.32 Å². The number of ether oxygens (including phenoxy) is 1. The second-order valence-electron chi connectivity index (χ2n) is 7.77. The van der Waals surface area contributed by atoms with Crippen LogP contribution in [0.15, 0.2) is 48.5 Å². The molecule has 0 aliphatic rings. The monoisotopic (exact) mass is 446 g/mol. The molecule has 7 heteroatoms. The van der Waals surface area contributed by atoms with Crippen LogP contribution in [-0.2, 0) is 21.9 Å². The maximum absolute atomic E-state index is 13.8. The van der Waals surface area contributed by atoms with Gasteiger partial charge in [-0.25, -0.2) is 4.39 Å². The van der Waals surface area contributed by atoms with Crippen molar-refractivity contribution in [3.63, 3.8) is 0 Å². The SMILES string of the molecule is COc1ccc(CN(C(=O)CSCc2ccccc2F)[C@@H](C)C(=O)NCC(C)C)cc1. The fourth-order valence-electron chi connectivity index (χ4n) is 2.91. The largest absolute Gasteiger partial charge is 0.497 e. The predicted octanol–water partition coefficient (Wildman–Crippen LogP) is 4.26. The van der Waals surface area contributed by atoms with Gasteiger partial charge in [0.2, 0.25) is 11.8 Å². The number of benzene rings is 2. The highest BCUT2D eigenvalue weighted by molar-refractivity contribution is 7.99. The fourth-order valence-corrected chi connectivity index (χ4v) is 3.81. The summed E-state index contributed by atoms with van der Waals surface area (Å²) < 4.78 is 19.0. The molecule has 0 spiro atoms. The molecule has 31 heavy (non-hydrogen) atoms. The Morgan fingerprint density at radius 1 is 1.10 bits per heavy atom. The van der Waals surface area contributed by atoms with Gasteiger partial charge in [-0.2, -0.15) is 0 Å².